The van der Waals surface area contributed by atoms with Gasteiger partial charge >= 0.3 is 0 Å². The molecular formula is C20H17N5O3S. The number of hydrogen-bond donors (Lipinski definition) is 2. The first-order chi connectivity index (χ1) is 14.1. The molecule has 0 unspecified atom stereocenters. The lowest BCUT2D eigenvalue weighted by Gasteiger charge is -2.27. The molecule has 29 heavy (non-hydrogen) atoms. The molecule has 1 aliphatic rings. The highest BCUT2D eigenvalue weighted by atomic mass is 32.2. The van der Waals surface area contributed by atoms with Crippen LogP contribution in [0.25, 0.3) is 10.9 Å². The number of hydrogen-bond acceptors (Lipinski definition) is 8. The molecule has 9 heteroatoms. The quantitative estimate of drug-likeness (QED) is 0.202. The zero-order valence-electron chi connectivity index (χ0n) is 15.3. The number of ether oxygens (including phenoxy) is 1. The molecule has 2 aromatic carbocycles. The van der Waals surface area contributed by atoms with Crippen molar-refractivity contribution in [2.45, 2.75) is 11.3 Å². The predicted molar refractivity (Wildman–Crippen MR) is 113 cm³/mol. The van der Waals surface area contributed by atoms with E-state index in [0.717, 1.165) is 24.5 Å². The van der Waals surface area contributed by atoms with Gasteiger partial charge in [-0.25, -0.2) is 9.97 Å². The molecule has 146 valence electrons. The third-order valence-corrected chi connectivity index (χ3v) is 5.07. The maximum atomic E-state index is 11.2. The van der Waals surface area contributed by atoms with E-state index in [0.29, 0.717) is 27.6 Å². The summed E-state index contributed by atoms with van der Waals surface area (Å²) in [5, 5.41) is 18.6. The molecule has 4 rings (SSSR count). The van der Waals surface area contributed by atoms with Gasteiger partial charge in [-0.05, 0) is 30.3 Å². The Balaban J connectivity index is 1.65. The average Bonchev–Trinajstić information content (AvgIpc) is 2.70. The largest absolute Gasteiger partial charge is 0.488 e. The standard InChI is InChI=1S/C20H17N5O3S/c1-2-9-29-20-23-18-8-5-14(25(26)27)10-17(18)19(24-20)22-13-3-6-15(7-4-13)28-16-11-21-12-16/h1,3-8,10,16,21H,9,11-12H2,(H,22,23,24). The van der Waals surface area contributed by atoms with Gasteiger partial charge in [0.15, 0.2) is 5.16 Å². The molecule has 1 aromatic heterocycles. The summed E-state index contributed by atoms with van der Waals surface area (Å²) in [6.45, 7) is 1.70. The lowest BCUT2D eigenvalue weighted by molar-refractivity contribution is -0.384. The lowest BCUT2D eigenvalue weighted by atomic mass is 10.2. The zero-order chi connectivity index (χ0) is 20.2. The Labute approximate surface area is 171 Å². The lowest BCUT2D eigenvalue weighted by Crippen LogP contribution is -2.50. The van der Waals surface area contributed by atoms with Crippen molar-refractivity contribution >= 4 is 39.9 Å². The first-order valence-corrected chi connectivity index (χ1v) is 9.88. The van der Waals surface area contributed by atoms with Gasteiger partial charge in [-0.2, -0.15) is 0 Å². The number of rotatable bonds is 7. The molecule has 0 amide bonds. The summed E-state index contributed by atoms with van der Waals surface area (Å²) in [7, 11) is 0. The molecule has 1 fully saturated rings. The Bertz CT molecular complexity index is 1090. The minimum Gasteiger partial charge on any atom is -0.488 e. The van der Waals surface area contributed by atoms with E-state index in [1.165, 1.54) is 23.9 Å². The second-order valence-electron chi connectivity index (χ2n) is 6.35. The van der Waals surface area contributed by atoms with E-state index in [1.807, 2.05) is 24.3 Å². The smallest absolute Gasteiger partial charge is 0.270 e. The van der Waals surface area contributed by atoms with Crippen LogP contribution in [0.3, 0.4) is 0 Å². The SMILES string of the molecule is C#CCSc1nc(Nc2ccc(OC3CNC3)cc2)c2cc([N+](=O)[O-])ccc2n1. The van der Waals surface area contributed by atoms with Crippen LogP contribution in [0.15, 0.2) is 47.6 Å². The Kier molecular flexibility index (Phi) is 5.46. The molecule has 0 radical (unpaired) electrons. The second kappa shape index (κ2) is 8.34. The van der Waals surface area contributed by atoms with Crippen molar-refractivity contribution in [2.24, 2.45) is 0 Å². The maximum Gasteiger partial charge on any atom is 0.270 e. The van der Waals surface area contributed by atoms with Crippen molar-refractivity contribution in [3.63, 3.8) is 0 Å². The van der Waals surface area contributed by atoms with E-state index in [4.69, 9.17) is 11.2 Å². The first kappa shape index (κ1) is 19.0. The highest BCUT2D eigenvalue weighted by molar-refractivity contribution is 7.99. The number of nitro benzene ring substituents is 1. The van der Waals surface area contributed by atoms with Crippen molar-refractivity contribution in [3.05, 3.63) is 52.6 Å². The van der Waals surface area contributed by atoms with E-state index >= 15 is 0 Å². The highest BCUT2D eigenvalue weighted by Crippen LogP contribution is 2.30. The second-order valence-corrected chi connectivity index (χ2v) is 7.30. The number of anilines is 2. The number of non-ortho nitro benzene ring substituents is 1. The number of nitrogens with one attached hydrogen (secondary N) is 2. The fourth-order valence-electron chi connectivity index (χ4n) is 2.77. The summed E-state index contributed by atoms with van der Waals surface area (Å²) >= 11 is 1.33. The zero-order valence-corrected chi connectivity index (χ0v) is 16.1. The van der Waals surface area contributed by atoms with Crippen molar-refractivity contribution < 1.29 is 9.66 Å². The molecule has 3 aromatic rings. The van der Waals surface area contributed by atoms with Crippen LogP contribution in [-0.2, 0) is 0 Å². The van der Waals surface area contributed by atoms with Gasteiger partial charge in [0.25, 0.3) is 5.69 Å². The number of thioether (sulfide) groups is 1. The van der Waals surface area contributed by atoms with Crippen LogP contribution in [0.5, 0.6) is 5.75 Å². The van der Waals surface area contributed by atoms with Crippen molar-refractivity contribution in [1.29, 1.82) is 0 Å². The van der Waals surface area contributed by atoms with E-state index in [1.54, 1.807) is 6.07 Å². The molecule has 0 bridgehead atoms. The van der Waals surface area contributed by atoms with Gasteiger partial charge in [-0.3, -0.25) is 10.1 Å². The molecule has 1 saturated heterocycles. The number of terminal acetylenes is 1. The van der Waals surface area contributed by atoms with Gasteiger partial charge in [-0.1, -0.05) is 17.7 Å². The molecule has 0 atom stereocenters. The van der Waals surface area contributed by atoms with Crippen LogP contribution in [0.2, 0.25) is 0 Å². The van der Waals surface area contributed by atoms with E-state index in [-0.39, 0.29) is 11.8 Å². The molecule has 2 N–H and O–H groups in total. The number of nitro groups is 1. The highest BCUT2D eigenvalue weighted by Gasteiger charge is 2.18. The molecular weight excluding hydrogens is 390 g/mol. The number of fused-ring (bicyclic) bond motifs is 1. The first-order valence-electron chi connectivity index (χ1n) is 8.89. The Morgan fingerprint density at radius 2 is 2.07 bits per heavy atom. The van der Waals surface area contributed by atoms with Crippen molar-refractivity contribution in [2.75, 3.05) is 24.2 Å². The molecule has 8 nitrogen and oxygen atoms in total. The number of nitrogens with zero attached hydrogens (tertiary/aromatic N) is 3. The van der Waals surface area contributed by atoms with Crippen LogP contribution in [0.4, 0.5) is 17.2 Å². The van der Waals surface area contributed by atoms with Gasteiger partial charge in [0.2, 0.25) is 0 Å². The monoisotopic (exact) mass is 407 g/mol. The third kappa shape index (κ3) is 4.39. The minimum atomic E-state index is -0.439. The van der Waals surface area contributed by atoms with Crippen LogP contribution in [-0.4, -0.2) is 39.8 Å². The van der Waals surface area contributed by atoms with Gasteiger partial charge < -0.3 is 15.4 Å². The summed E-state index contributed by atoms with van der Waals surface area (Å²) in [4.78, 5) is 19.7. The van der Waals surface area contributed by atoms with E-state index < -0.39 is 4.92 Å². The van der Waals surface area contributed by atoms with Gasteiger partial charge in [0.05, 0.1) is 16.2 Å². The summed E-state index contributed by atoms with van der Waals surface area (Å²) in [6.07, 6.45) is 5.54. The van der Waals surface area contributed by atoms with Gasteiger partial charge in [0, 0.05) is 36.3 Å². The molecule has 1 aliphatic heterocycles. The predicted octanol–water partition coefficient (Wildman–Crippen LogP) is 3.36. The van der Waals surface area contributed by atoms with Crippen LogP contribution in [0, 0.1) is 22.5 Å². The number of aromatic nitrogens is 2. The maximum absolute atomic E-state index is 11.2. The molecule has 0 spiro atoms. The van der Waals surface area contributed by atoms with Gasteiger partial charge in [0.1, 0.15) is 17.7 Å². The summed E-state index contributed by atoms with van der Waals surface area (Å²) in [5.74, 6) is 4.24. The topological polar surface area (TPSA) is 102 Å². The number of benzene rings is 2. The Morgan fingerprint density at radius 1 is 1.28 bits per heavy atom. The fourth-order valence-corrected chi connectivity index (χ4v) is 3.30. The summed E-state index contributed by atoms with van der Waals surface area (Å²) in [5.41, 5.74) is 1.36. The van der Waals surface area contributed by atoms with Crippen LogP contribution < -0.4 is 15.4 Å². The Morgan fingerprint density at radius 3 is 2.72 bits per heavy atom. The average molecular weight is 407 g/mol. The van der Waals surface area contributed by atoms with Crippen molar-refractivity contribution in [3.8, 4) is 18.1 Å². The minimum absolute atomic E-state index is 0.0222. The van der Waals surface area contributed by atoms with Gasteiger partial charge in [-0.15, -0.1) is 6.42 Å². The third-order valence-electron chi connectivity index (χ3n) is 4.32. The van der Waals surface area contributed by atoms with E-state index in [9.17, 15) is 10.1 Å². The molecule has 0 aliphatic carbocycles. The fraction of sp³-hybridized carbons (Fsp3) is 0.200. The van der Waals surface area contributed by atoms with E-state index in [2.05, 4.69) is 26.5 Å². The summed E-state index contributed by atoms with van der Waals surface area (Å²) < 4.78 is 5.82. The van der Waals surface area contributed by atoms with Crippen LogP contribution >= 0.6 is 11.8 Å². The Hall–Kier alpha value is -3.35. The molecule has 2 heterocycles. The van der Waals surface area contributed by atoms with Crippen LogP contribution in [0.1, 0.15) is 0 Å². The van der Waals surface area contributed by atoms with Crippen molar-refractivity contribution in [1.82, 2.24) is 15.3 Å². The molecule has 0 saturated carbocycles. The normalized spacial score (nSPS) is 13.5. The summed E-state index contributed by atoms with van der Waals surface area (Å²) in [6, 6.07) is 12.0.